The number of hydrogen-bond donors (Lipinski definition) is 1. The maximum atomic E-state index is 13.8. The highest BCUT2D eigenvalue weighted by molar-refractivity contribution is 6.34. The summed E-state index contributed by atoms with van der Waals surface area (Å²) in [7, 11) is 0. The van der Waals surface area contributed by atoms with Crippen molar-refractivity contribution >= 4 is 46.4 Å². The Balaban J connectivity index is 1.09. The van der Waals surface area contributed by atoms with Crippen molar-refractivity contribution in [3.8, 4) is 0 Å². The largest absolute Gasteiger partial charge is 0.463 e. The van der Waals surface area contributed by atoms with Crippen LogP contribution in [0.4, 0.5) is 18.9 Å². The van der Waals surface area contributed by atoms with E-state index >= 15 is 0 Å². The van der Waals surface area contributed by atoms with Crippen LogP contribution in [-0.2, 0) is 20.7 Å². The Morgan fingerprint density at radius 1 is 1.04 bits per heavy atom. The van der Waals surface area contributed by atoms with Gasteiger partial charge in [-0.1, -0.05) is 35.9 Å². The Kier molecular flexibility index (Phi) is 10.7. The van der Waals surface area contributed by atoms with Crippen LogP contribution in [0, 0.1) is 5.92 Å². The number of carbonyl (C=O) groups is 3. The molecule has 3 aliphatic rings. The molecule has 0 unspecified atom stereocenters. The summed E-state index contributed by atoms with van der Waals surface area (Å²) < 4.78 is 50.6. The van der Waals surface area contributed by atoms with Gasteiger partial charge in [-0.2, -0.15) is 13.2 Å². The molecule has 2 amide bonds. The molecule has 2 saturated heterocycles. The molecule has 0 bridgehead atoms. The van der Waals surface area contributed by atoms with E-state index in [2.05, 4.69) is 10.2 Å². The number of benzene rings is 2. The number of nitrogens with one attached hydrogen (secondary N) is 1. The monoisotopic (exact) mass is 688 g/mol. The number of rotatable bonds is 10. The lowest BCUT2D eigenvalue weighted by Crippen LogP contribution is -2.52. The number of aldehydes is 1. The average Bonchev–Trinajstić information content (AvgIpc) is 3.70. The van der Waals surface area contributed by atoms with Gasteiger partial charge in [-0.3, -0.25) is 19.4 Å². The summed E-state index contributed by atoms with van der Waals surface area (Å²) in [5, 5.41) is 3.81. The highest BCUT2D eigenvalue weighted by Crippen LogP contribution is 2.30. The van der Waals surface area contributed by atoms with Crippen LogP contribution in [0.2, 0.25) is 5.02 Å². The molecular weight excluding hydrogens is 649 g/mol. The predicted molar refractivity (Wildman–Crippen MR) is 175 cm³/mol. The number of amides is 2. The molecule has 0 spiro atoms. The van der Waals surface area contributed by atoms with Crippen molar-refractivity contribution in [3.63, 3.8) is 0 Å². The summed E-state index contributed by atoms with van der Waals surface area (Å²) in [6.07, 6.45) is 2.17. The SMILES string of the molecule is O=C[C@H]1CC[C@H](OC[C@@H]2C[C@H](N3CCN(CC(F)(F)F)CC3)CN2C(=O)Cc2ccc(NC(=O)c3coc4ccccc34)c(Cl)c2)CC1. The molecule has 1 saturated carbocycles. The van der Waals surface area contributed by atoms with Crippen molar-refractivity contribution in [1.29, 1.82) is 0 Å². The number of nitrogens with zero attached hydrogens (tertiary/aromatic N) is 3. The summed E-state index contributed by atoms with van der Waals surface area (Å²) >= 11 is 6.57. The van der Waals surface area contributed by atoms with Gasteiger partial charge < -0.3 is 24.2 Å². The minimum Gasteiger partial charge on any atom is -0.463 e. The van der Waals surface area contributed by atoms with E-state index in [0.29, 0.717) is 78.6 Å². The standard InChI is InChI=1S/C35H40ClF3N4O5/c36-30-15-24(7-10-31(30)40-34(46)29-21-48-32-4-2-1-3-28(29)32)16-33(45)43-18-25(42-13-11-41(12-14-42)22-35(37,38)39)17-26(43)20-47-27-8-5-23(19-44)6-9-27/h1-4,7,10,15,19,21,23,25-27H,5-6,8-9,11-14,16-18,20,22H2,(H,40,46)/t23-,25-,26-,27-/m0/s1. The molecule has 3 heterocycles. The second-order valence-corrected chi connectivity index (χ2v) is 13.5. The number of hydrogen-bond acceptors (Lipinski definition) is 7. The van der Waals surface area contributed by atoms with Crippen molar-refractivity contribution in [2.24, 2.45) is 5.92 Å². The van der Waals surface area contributed by atoms with Crippen LogP contribution in [-0.4, -0.2) is 103 Å². The fourth-order valence-corrected chi connectivity index (χ4v) is 7.44. The Labute approximate surface area is 282 Å². The molecule has 2 aliphatic heterocycles. The maximum Gasteiger partial charge on any atom is 0.401 e. The van der Waals surface area contributed by atoms with E-state index in [1.807, 2.05) is 17.0 Å². The zero-order chi connectivity index (χ0) is 33.8. The lowest BCUT2D eigenvalue weighted by Gasteiger charge is -2.38. The highest BCUT2D eigenvalue weighted by atomic mass is 35.5. The molecule has 258 valence electrons. The van der Waals surface area contributed by atoms with E-state index < -0.39 is 12.7 Å². The number of ether oxygens (including phenoxy) is 1. The van der Waals surface area contributed by atoms with E-state index in [1.165, 1.54) is 11.2 Å². The molecule has 3 fully saturated rings. The van der Waals surface area contributed by atoms with Crippen molar-refractivity contribution in [2.45, 2.75) is 62.9 Å². The fourth-order valence-electron chi connectivity index (χ4n) is 7.19. The van der Waals surface area contributed by atoms with Crippen LogP contribution in [0.3, 0.4) is 0 Å². The van der Waals surface area contributed by atoms with Crippen LogP contribution in [0.15, 0.2) is 53.1 Å². The van der Waals surface area contributed by atoms with Gasteiger partial charge in [-0.05, 0) is 55.9 Å². The van der Waals surface area contributed by atoms with Crippen molar-refractivity contribution in [2.75, 3.05) is 51.2 Å². The molecule has 6 rings (SSSR count). The zero-order valence-corrected chi connectivity index (χ0v) is 27.3. The van der Waals surface area contributed by atoms with E-state index in [4.69, 9.17) is 20.8 Å². The van der Waals surface area contributed by atoms with Crippen molar-refractivity contribution < 1.29 is 36.7 Å². The fraction of sp³-hybridized carbons (Fsp3) is 0.514. The van der Waals surface area contributed by atoms with Gasteiger partial charge in [0, 0.05) is 50.1 Å². The van der Waals surface area contributed by atoms with Crippen LogP contribution >= 0.6 is 11.6 Å². The first-order chi connectivity index (χ1) is 23.1. The molecule has 13 heteroatoms. The molecule has 48 heavy (non-hydrogen) atoms. The lowest BCUT2D eigenvalue weighted by molar-refractivity contribution is -0.150. The number of furan rings is 1. The van der Waals surface area contributed by atoms with E-state index in [-0.39, 0.29) is 42.3 Å². The summed E-state index contributed by atoms with van der Waals surface area (Å²) in [5.74, 6) is -0.383. The minimum atomic E-state index is -4.23. The van der Waals surface area contributed by atoms with Crippen LogP contribution in [0.5, 0.6) is 0 Å². The number of fused-ring (bicyclic) bond motifs is 1. The maximum absolute atomic E-state index is 13.8. The second-order valence-electron chi connectivity index (χ2n) is 13.1. The van der Waals surface area contributed by atoms with E-state index in [1.54, 1.807) is 30.3 Å². The highest BCUT2D eigenvalue weighted by Gasteiger charge is 2.40. The number of piperazine rings is 1. The Bertz CT molecular complexity index is 1600. The molecule has 3 aromatic rings. The Hall–Kier alpha value is -3.45. The molecule has 0 radical (unpaired) electrons. The van der Waals surface area contributed by atoms with Gasteiger partial charge in [0.2, 0.25) is 5.91 Å². The van der Waals surface area contributed by atoms with Crippen LogP contribution in [0.1, 0.15) is 48.0 Å². The van der Waals surface area contributed by atoms with Crippen molar-refractivity contribution in [1.82, 2.24) is 14.7 Å². The van der Waals surface area contributed by atoms with Gasteiger partial charge in [0.15, 0.2) is 0 Å². The van der Waals surface area contributed by atoms with Gasteiger partial charge >= 0.3 is 6.18 Å². The summed E-state index contributed by atoms with van der Waals surface area (Å²) in [6, 6.07) is 12.2. The zero-order valence-electron chi connectivity index (χ0n) is 26.6. The molecule has 1 N–H and O–H groups in total. The van der Waals surface area contributed by atoms with Gasteiger partial charge in [-0.25, -0.2) is 0 Å². The first kappa shape index (κ1) is 34.4. The molecule has 2 atom stereocenters. The van der Waals surface area contributed by atoms with Crippen LogP contribution in [0.25, 0.3) is 11.0 Å². The third-order valence-corrected chi connectivity index (χ3v) is 10.1. The Morgan fingerprint density at radius 2 is 1.79 bits per heavy atom. The number of anilines is 1. The van der Waals surface area contributed by atoms with Gasteiger partial charge in [-0.15, -0.1) is 0 Å². The smallest absolute Gasteiger partial charge is 0.401 e. The molecule has 2 aromatic carbocycles. The predicted octanol–water partition coefficient (Wildman–Crippen LogP) is 5.80. The van der Waals surface area contributed by atoms with E-state index in [9.17, 15) is 27.6 Å². The molecule has 1 aliphatic carbocycles. The first-order valence-corrected chi connectivity index (χ1v) is 16.9. The van der Waals surface area contributed by atoms with Crippen LogP contribution < -0.4 is 5.32 Å². The summed E-state index contributed by atoms with van der Waals surface area (Å²) in [6.45, 7) is 1.56. The number of carbonyl (C=O) groups excluding carboxylic acids is 3. The van der Waals surface area contributed by atoms with Gasteiger partial charge in [0.25, 0.3) is 5.91 Å². The lowest BCUT2D eigenvalue weighted by atomic mass is 9.88. The molecular formula is C35H40ClF3N4O5. The van der Waals surface area contributed by atoms with E-state index in [0.717, 1.165) is 32.0 Å². The minimum absolute atomic E-state index is 0.0153. The average molecular weight is 689 g/mol. The molecule has 9 nitrogen and oxygen atoms in total. The van der Waals surface area contributed by atoms with Gasteiger partial charge in [0.1, 0.15) is 18.1 Å². The first-order valence-electron chi connectivity index (χ1n) is 16.5. The normalized spacial score (nSPS) is 24.2. The third-order valence-electron chi connectivity index (χ3n) is 9.84. The topological polar surface area (TPSA) is 95.3 Å². The molecule has 1 aromatic heterocycles. The third kappa shape index (κ3) is 8.39. The number of likely N-dealkylation sites (tertiary alicyclic amines) is 1. The number of alkyl halides is 3. The summed E-state index contributed by atoms with van der Waals surface area (Å²) in [4.78, 5) is 43.4. The van der Waals surface area contributed by atoms with Gasteiger partial charge in [0.05, 0.1) is 48.0 Å². The summed E-state index contributed by atoms with van der Waals surface area (Å²) in [5.41, 5.74) is 2.08. The second kappa shape index (κ2) is 15.0. The number of para-hydroxylation sites is 1. The quantitative estimate of drug-likeness (QED) is 0.269. The Morgan fingerprint density at radius 3 is 2.50 bits per heavy atom. The van der Waals surface area contributed by atoms with Crippen molar-refractivity contribution in [3.05, 3.63) is 64.9 Å². The number of halogens is 4.